The molecule has 0 spiro atoms. The van der Waals surface area contributed by atoms with Crippen molar-refractivity contribution in [2.75, 3.05) is 19.0 Å². The molecule has 1 atom stereocenters. The van der Waals surface area contributed by atoms with Gasteiger partial charge in [-0.05, 0) is 50.3 Å². The van der Waals surface area contributed by atoms with E-state index in [4.69, 9.17) is 4.74 Å². The standard InChI is InChI=1S/C20H34N4O2/c1-7-21-20(23-15(4)9-8-14(2)3)22-13-17-10-11-19(26-6)18(12-17)24-16(5)25/h10-12,14-15H,7-9,13H2,1-6H3,(H,24,25)(H2,21,22,23). The monoisotopic (exact) mass is 362 g/mol. The fourth-order valence-corrected chi connectivity index (χ4v) is 2.52. The van der Waals surface area contributed by atoms with E-state index in [1.165, 1.54) is 13.3 Å². The number of benzene rings is 1. The Morgan fingerprint density at radius 2 is 1.96 bits per heavy atom. The van der Waals surface area contributed by atoms with Crippen LogP contribution in [-0.2, 0) is 11.3 Å². The highest BCUT2D eigenvalue weighted by atomic mass is 16.5. The fraction of sp³-hybridized carbons (Fsp3) is 0.600. The van der Waals surface area contributed by atoms with Gasteiger partial charge < -0.3 is 20.7 Å². The highest BCUT2D eigenvalue weighted by Crippen LogP contribution is 2.25. The van der Waals surface area contributed by atoms with Crippen LogP contribution in [0.1, 0.15) is 53.0 Å². The molecule has 1 amide bonds. The van der Waals surface area contributed by atoms with Gasteiger partial charge >= 0.3 is 0 Å². The van der Waals surface area contributed by atoms with Crippen molar-refractivity contribution in [1.82, 2.24) is 10.6 Å². The molecular weight excluding hydrogens is 328 g/mol. The first-order valence-electron chi connectivity index (χ1n) is 9.35. The predicted octanol–water partition coefficient (Wildman–Crippen LogP) is 3.53. The number of methoxy groups -OCH3 is 1. The van der Waals surface area contributed by atoms with Gasteiger partial charge in [-0.1, -0.05) is 19.9 Å². The predicted molar refractivity (Wildman–Crippen MR) is 109 cm³/mol. The average molecular weight is 363 g/mol. The number of amides is 1. The number of carbonyl (C=O) groups is 1. The third-order valence-corrected chi connectivity index (χ3v) is 3.90. The normalized spacial score (nSPS) is 12.7. The molecule has 0 aliphatic carbocycles. The summed E-state index contributed by atoms with van der Waals surface area (Å²) >= 11 is 0. The first-order valence-corrected chi connectivity index (χ1v) is 9.35. The summed E-state index contributed by atoms with van der Waals surface area (Å²) in [7, 11) is 1.59. The van der Waals surface area contributed by atoms with Crippen molar-refractivity contribution < 1.29 is 9.53 Å². The lowest BCUT2D eigenvalue weighted by Gasteiger charge is -2.18. The SMILES string of the molecule is CCNC(=NCc1ccc(OC)c(NC(C)=O)c1)NC(C)CCC(C)C. The molecule has 1 unspecified atom stereocenters. The summed E-state index contributed by atoms with van der Waals surface area (Å²) in [6.07, 6.45) is 2.30. The number of aliphatic imine (C=N–C) groups is 1. The number of rotatable bonds is 9. The van der Waals surface area contributed by atoms with Crippen LogP contribution >= 0.6 is 0 Å². The van der Waals surface area contributed by atoms with E-state index in [9.17, 15) is 4.79 Å². The van der Waals surface area contributed by atoms with Gasteiger partial charge in [0, 0.05) is 19.5 Å². The average Bonchev–Trinajstić information content (AvgIpc) is 2.57. The van der Waals surface area contributed by atoms with Gasteiger partial charge in [0.15, 0.2) is 5.96 Å². The molecular formula is C20H34N4O2. The molecule has 0 heterocycles. The van der Waals surface area contributed by atoms with E-state index in [0.717, 1.165) is 24.5 Å². The lowest BCUT2D eigenvalue weighted by atomic mass is 10.0. The number of ether oxygens (including phenoxy) is 1. The van der Waals surface area contributed by atoms with Gasteiger partial charge in [0.25, 0.3) is 0 Å². The highest BCUT2D eigenvalue weighted by molar-refractivity contribution is 5.90. The van der Waals surface area contributed by atoms with Crippen LogP contribution in [0.3, 0.4) is 0 Å². The third kappa shape index (κ3) is 8.23. The maximum Gasteiger partial charge on any atom is 0.221 e. The van der Waals surface area contributed by atoms with E-state index in [2.05, 4.69) is 48.6 Å². The first-order chi connectivity index (χ1) is 12.3. The summed E-state index contributed by atoms with van der Waals surface area (Å²) in [5.74, 6) is 2.02. The van der Waals surface area contributed by atoms with Gasteiger partial charge in [-0.25, -0.2) is 4.99 Å². The van der Waals surface area contributed by atoms with Gasteiger partial charge in [0.05, 0.1) is 19.3 Å². The van der Waals surface area contributed by atoms with Crippen LogP contribution in [0.4, 0.5) is 5.69 Å². The van der Waals surface area contributed by atoms with Crippen LogP contribution in [-0.4, -0.2) is 31.6 Å². The molecule has 6 nitrogen and oxygen atoms in total. The van der Waals surface area contributed by atoms with E-state index < -0.39 is 0 Å². The second kappa shape index (κ2) is 11.4. The Morgan fingerprint density at radius 3 is 2.54 bits per heavy atom. The largest absolute Gasteiger partial charge is 0.495 e. The molecule has 0 bridgehead atoms. The summed E-state index contributed by atoms with van der Waals surface area (Å²) in [6.45, 7) is 11.5. The minimum absolute atomic E-state index is 0.127. The van der Waals surface area contributed by atoms with Gasteiger partial charge in [-0.2, -0.15) is 0 Å². The lowest BCUT2D eigenvalue weighted by Crippen LogP contribution is -2.42. The summed E-state index contributed by atoms with van der Waals surface area (Å²) in [4.78, 5) is 16.0. The molecule has 6 heteroatoms. The van der Waals surface area contributed by atoms with Crippen molar-refractivity contribution in [3.63, 3.8) is 0 Å². The number of hydrogen-bond acceptors (Lipinski definition) is 3. The minimum atomic E-state index is -0.127. The quantitative estimate of drug-likeness (QED) is 0.464. The number of carbonyl (C=O) groups excluding carboxylic acids is 1. The summed E-state index contributed by atoms with van der Waals surface area (Å²) in [5.41, 5.74) is 1.66. The van der Waals surface area contributed by atoms with Crippen LogP contribution < -0.4 is 20.7 Å². The van der Waals surface area contributed by atoms with Crippen LogP contribution in [0.5, 0.6) is 5.75 Å². The summed E-state index contributed by atoms with van der Waals surface area (Å²) in [5, 5.41) is 9.54. The zero-order chi connectivity index (χ0) is 19.5. The zero-order valence-electron chi connectivity index (χ0n) is 17.0. The molecule has 0 aliphatic heterocycles. The fourth-order valence-electron chi connectivity index (χ4n) is 2.52. The van der Waals surface area contributed by atoms with Crippen molar-refractivity contribution in [1.29, 1.82) is 0 Å². The third-order valence-electron chi connectivity index (χ3n) is 3.90. The van der Waals surface area contributed by atoms with Crippen LogP contribution in [0.15, 0.2) is 23.2 Å². The Bertz CT molecular complexity index is 599. The Hall–Kier alpha value is -2.24. The van der Waals surface area contributed by atoms with Crippen LogP contribution in [0.2, 0.25) is 0 Å². The van der Waals surface area contributed by atoms with Crippen molar-refractivity contribution in [3.8, 4) is 5.75 Å². The van der Waals surface area contributed by atoms with Crippen molar-refractivity contribution in [2.24, 2.45) is 10.9 Å². The molecule has 0 saturated carbocycles. The number of nitrogens with zero attached hydrogens (tertiary/aromatic N) is 1. The second-order valence-corrected chi connectivity index (χ2v) is 6.93. The topological polar surface area (TPSA) is 74.8 Å². The Balaban J connectivity index is 2.80. The number of guanidine groups is 1. The Morgan fingerprint density at radius 1 is 1.23 bits per heavy atom. The molecule has 0 saturated heterocycles. The molecule has 3 N–H and O–H groups in total. The van der Waals surface area contributed by atoms with Gasteiger partial charge in [0.1, 0.15) is 5.75 Å². The maximum atomic E-state index is 11.4. The van der Waals surface area contributed by atoms with Crippen molar-refractivity contribution >= 4 is 17.6 Å². The Labute approximate surface area is 157 Å². The minimum Gasteiger partial charge on any atom is -0.495 e. The van der Waals surface area contributed by atoms with Gasteiger partial charge in [-0.3, -0.25) is 4.79 Å². The zero-order valence-corrected chi connectivity index (χ0v) is 17.0. The number of nitrogens with one attached hydrogen (secondary N) is 3. The molecule has 1 aromatic carbocycles. The highest BCUT2D eigenvalue weighted by Gasteiger charge is 2.08. The molecule has 1 rings (SSSR count). The van der Waals surface area contributed by atoms with Crippen LogP contribution in [0, 0.1) is 5.92 Å². The van der Waals surface area contributed by atoms with E-state index in [1.807, 2.05) is 18.2 Å². The molecule has 1 aromatic rings. The van der Waals surface area contributed by atoms with E-state index >= 15 is 0 Å². The van der Waals surface area contributed by atoms with Crippen molar-refractivity contribution in [2.45, 2.75) is 60.0 Å². The summed E-state index contributed by atoms with van der Waals surface area (Å²) in [6, 6.07) is 6.07. The van der Waals surface area contributed by atoms with E-state index in [-0.39, 0.29) is 5.91 Å². The van der Waals surface area contributed by atoms with Crippen molar-refractivity contribution in [3.05, 3.63) is 23.8 Å². The molecule has 0 aromatic heterocycles. The molecule has 26 heavy (non-hydrogen) atoms. The summed E-state index contributed by atoms with van der Waals surface area (Å²) < 4.78 is 5.29. The van der Waals surface area contributed by atoms with Crippen LogP contribution in [0.25, 0.3) is 0 Å². The van der Waals surface area contributed by atoms with E-state index in [1.54, 1.807) is 7.11 Å². The maximum absolute atomic E-state index is 11.4. The second-order valence-electron chi connectivity index (χ2n) is 6.93. The number of hydrogen-bond donors (Lipinski definition) is 3. The molecule has 0 radical (unpaired) electrons. The Kier molecular flexibility index (Phi) is 9.55. The van der Waals surface area contributed by atoms with Gasteiger partial charge in [-0.15, -0.1) is 0 Å². The number of anilines is 1. The molecule has 0 fully saturated rings. The van der Waals surface area contributed by atoms with Gasteiger partial charge in [0.2, 0.25) is 5.91 Å². The smallest absolute Gasteiger partial charge is 0.221 e. The first kappa shape index (κ1) is 21.8. The lowest BCUT2D eigenvalue weighted by molar-refractivity contribution is -0.114. The van der Waals surface area contributed by atoms with E-state index in [0.29, 0.717) is 29.9 Å². The molecule has 0 aliphatic rings. The molecule has 146 valence electrons.